The maximum atomic E-state index is 13.0. The molecule has 0 saturated heterocycles. The van der Waals surface area contributed by atoms with E-state index in [1.807, 2.05) is 6.92 Å². The number of aromatic nitrogens is 2. The Morgan fingerprint density at radius 3 is 2.85 bits per heavy atom. The van der Waals surface area contributed by atoms with Crippen molar-refractivity contribution in [3.8, 4) is 17.3 Å². The highest BCUT2D eigenvalue weighted by molar-refractivity contribution is 5.90. The molecule has 2 heterocycles. The van der Waals surface area contributed by atoms with Crippen molar-refractivity contribution >= 4 is 11.7 Å². The number of oxazole rings is 1. The summed E-state index contributed by atoms with van der Waals surface area (Å²) < 4.78 is 23.7. The molecule has 7 nitrogen and oxygen atoms in total. The van der Waals surface area contributed by atoms with E-state index < -0.39 is 0 Å². The van der Waals surface area contributed by atoms with Crippen molar-refractivity contribution in [2.45, 2.75) is 13.3 Å². The molecular formula is C19H19FN4O3. The number of benzene rings is 1. The number of ether oxygens (including phenoxy) is 1. The summed E-state index contributed by atoms with van der Waals surface area (Å²) in [4.78, 5) is 20.4. The molecule has 2 amide bonds. The van der Waals surface area contributed by atoms with Crippen LogP contribution >= 0.6 is 0 Å². The Labute approximate surface area is 155 Å². The molecule has 0 atom stereocenters. The second-order valence-electron chi connectivity index (χ2n) is 5.57. The zero-order chi connectivity index (χ0) is 19.1. The van der Waals surface area contributed by atoms with E-state index in [4.69, 9.17) is 9.15 Å². The van der Waals surface area contributed by atoms with E-state index in [0.29, 0.717) is 48.3 Å². The first-order valence-corrected chi connectivity index (χ1v) is 8.48. The van der Waals surface area contributed by atoms with Crippen LogP contribution in [0.2, 0.25) is 0 Å². The van der Waals surface area contributed by atoms with E-state index in [-0.39, 0.29) is 11.8 Å². The molecule has 140 valence electrons. The van der Waals surface area contributed by atoms with Crippen LogP contribution < -0.4 is 15.4 Å². The van der Waals surface area contributed by atoms with Gasteiger partial charge in [-0.3, -0.25) is 0 Å². The zero-order valence-electron chi connectivity index (χ0n) is 14.7. The first kappa shape index (κ1) is 18.4. The Morgan fingerprint density at radius 2 is 2.07 bits per heavy atom. The minimum atomic E-state index is -0.369. The summed E-state index contributed by atoms with van der Waals surface area (Å²) in [5, 5.41) is 5.44. The fourth-order valence-corrected chi connectivity index (χ4v) is 2.36. The third-order valence-corrected chi connectivity index (χ3v) is 3.61. The van der Waals surface area contributed by atoms with E-state index in [0.717, 1.165) is 0 Å². The summed E-state index contributed by atoms with van der Waals surface area (Å²) in [7, 11) is 0. The monoisotopic (exact) mass is 370 g/mol. The van der Waals surface area contributed by atoms with Gasteiger partial charge in [0.2, 0.25) is 11.8 Å². The lowest BCUT2D eigenvalue weighted by Crippen LogP contribution is -2.30. The van der Waals surface area contributed by atoms with Gasteiger partial charge >= 0.3 is 6.03 Å². The number of pyridine rings is 1. The van der Waals surface area contributed by atoms with Crippen LogP contribution in [0.4, 0.5) is 14.9 Å². The van der Waals surface area contributed by atoms with Crippen LogP contribution in [0.5, 0.6) is 5.88 Å². The third kappa shape index (κ3) is 5.04. The van der Waals surface area contributed by atoms with E-state index in [9.17, 15) is 9.18 Å². The van der Waals surface area contributed by atoms with Gasteiger partial charge in [-0.25, -0.2) is 19.2 Å². The molecule has 3 rings (SSSR count). The van der Waals surface area contributed by atoms with E-state index in [1.165, 1.54) is 18.4 Å². The van der Waals surface area contributed by atoms with Crippen molar-refractivity contribution in [2.75, 3.05) is 18.5 Å². The molecule has 1 aromatic carbocycles. The zero-order valence-corrected chi connectivity index (χ0v) is 14.7. The molecule has 2 N–H and O–H groups in total. The highest BCUT2D eigenvalue weighted by atomic mass is 19.1. The lowest BCUT2D eigenvalue weighted by molar-refractivity contribution is 0.252. The summed E-state index contributed by atoms with van der Waals surface area (Å²) in [5.41, 5.74) is 1.87. The number of anilines is 1. The lowest BCUT2D eigenvalue weighted by atomic mass is 10.2. The fraction of sp³-hybridized carbons (Fsp3) is 0.211. The SMILES string of the molecule is CCOc1ncccc1NC(=O)NCCc1coc(-c2ccc(F)cc2)n1. The second kappa shape index (κ2) is 8.79. The number of amides is 2. The number of nitrogens with one attached hydrogen (secondary N) is 2. The first-order chi connectivity index (χ1) is 13.2. The maximum absolute atomic E-state index is 13.0. The Bertz CT molecular complexity index is 896. The van der Waals surface area contributed by atoms with Crippen LogP contribution in [0.3, 0.4) is 0 Å². The van der Waals surface area contributed by atoms with Gasteiger partial charge in [0.1, 0.15) is 17.8 Å². The molecule has 0 radical (unpaired) electrons. The van der Waals surface area contributed by atoms with Gasteiger partial charge in [0.05, 0.1) is 12.3 Å². The van der Waals surface area contributed by atoms with E-state index in [2.05, 4.69) is 20.6 Å². The quantitative estimate of drug-likeness (QED) is 0.663. The Kier molecular flexibility index (Phi) is 5.98. The number of carbonyl (C=O) groups excluding carboxylic acids is 1. The number of urea groups is 1. The highest BCUT2D eigenvalue weighted by Gasteiger charge is 2.10. The average Bonchev–Trinajstić information content (AvgIpc) is 3.13. The summed E-state index contributed by atoms with van der Waals surface area (Å²) in [6, 6.07) is 8.95. The number of hydrogen-bond acceptors (Lipinski definition) is 5. The number of carbonyl (C=O) groups is 1. The van der Waals surface area contributed by atoms with Crippen LogP contribution in [0.1, 0.15) is 12.6 Å². The number of hydrogen-bond donors (Lipinski definition) is 2. The van der Waals surface area contributed by atoms with Gasteiger partial charge in [-0.15, -0.1) is 0 Å². The van der Waals surface area contributed by atoms with Crippen molar-refractivity contribution in [1.29, 1.82) is 0 Å². The highest BCUT2D eigenvalue weighted by Crippen LogP contribution is 2.20. The summed E-state index contributed by atoms with van der Waals surface area (Å²) in [6.45, 7) is 2.66. The minimum absolute atomic E-state index is 0.318. The first-order valence-electron chi connectivity index (χ1n) is 8.48. The average molecular weight is 370 g/mol. The number of rotatable bonds is 7. The largest absolute Gasteiger partial charge is 0.476 e. The smallest absolute Gasteiger partial charge is 0.319 e. The predicted molar refractivity (Wildman–Crippen MR) is 98.0 cm³/mol. The molecule has 3 aromatic rings. The molecule has 0 unspecified atom stereocenters. The lowest BCUT2D eigenvalue weighted by Gasteiger charge is -2.10. The molecule has 0 fully saturated rings. The van der Waals surface area contributed by atoms with Crippen LogP contribution in [0.15, 0.2) is 53.3 Å². The Morgan fingerprint density at radius 1 is 1.26 bits per heavy atom. The molecule has 2 aromatic heterocycles. The number of halogens is 1. The van der Waals surface area contributed by atoms with Crippen molar-refractivity contribution in [1.82, 2.24) is 15.3 Å². The van der Waals surface area contributed by atoms with Crippen LogP contribution in [0.25, 0.3) is 11.5 Å². The fourth-order valence-electron chi connectivity index (χ4n) is 2.36. The van der Waals surface area contributed by atoms with Gasteiger partial charge in [-0.2, -0.15) is 0 Å². The van der Waals surface area contributed by atoms with Gasteiger partial charge in [-0.1, -0.05) is 0 Å². The number of nitrogens with zero attached hydrogens (tertiary/aromatic N) is 2. The van der Waals surface area contributed by atoms with Gasteiger partial charge in [0.15, 0.2) is 0 Å². The molecule has 0 spiro atoms. The van der Waals surface area contributed by atoms with Crippen molar-refractivity contribution in [3.05, 3.63) is 60.4 Å². The van der Waals surface area contributed by atoms with Gasteiger partial charge < -0.3 is 19.8 Å². The Hall–Kier alpha value is -3.42. The standard InChI is InChI=1S/C19H19FN4O3/c1-2-26-18-16(4-3-10-21-18)24-19(25)22-11-9-15-12-27-17(23-15)13-5-7-14(20)8-6-13/h3-8,10,12H,2,9,11H2,1H3,(H2,22,24,25). The van der Waals surface area contributed by atoms with Crippen LogP contribution in [0, 0.1) is 5.82 Å². The van der Waals surface area contributed by atoms with Crippen molar-refractivity contribution in [2.24, 2.45) is 0 Å². The topological polar surface area (TPSA) is 89.3 Å². The van der Waals surface area contributed by atoms with Crippen molar-refractivity contribution in [3.63, 3.8) is 0 Å². The molecule has 0 aliphatic heterocycles. The third-order valence-electron chi connectivity index (χ3n) is 3.61. The maximum Gasteiger partial charge on any atom is 0.319 e. The predicted octanol–water partition coefficient (Wildman–Crippen LogP) is 3.64. The van der Waals surface area contributed by atoms with Gasteiger partial charge in [0, 0.05) is 24.7 Å². The minimum Gasteiger partial charge on any atom is -0.476 e. The summed E-state index contributed by atoms with van der Waals surface area (Å²) in [6.07, 6.45) is 3.60. The summed E-state index contributed by atoms with van der Waals surface area (Å²) >= 11 is 0. The molecule has 27 heavy (non-hydrogen) atoms. The molecule has 8 heteroatoms. The van der Waals surface area contributed by atoms with Crippen molar-refractivity contribution < 1.29 is 18.3 Å². The molecule has 0 aliphatic carbocycles. The molecule has 0 aliphatic rings. The van der Waals surface area contributed by atoms with Gasteiger partial charge in [0.25, 0.3) is 0 Å². The molecule has 0 saturated carbocycles. The second-order valence-corrected chi connectivity index (χ2v) is 5.57. The molecular weight excluding hydrogens is 351 g/mol. The van der Waals surface area contributed by atoms with Gasteiger partial charge in [-0.05, 0) is 43.3 Å². The Balaban J connectivity index is 1.50. The van der Waals surface area contributed by atoms with E-state index in [1.54, 1.807) is 30.5 Å². The molecule has 0 bridgehead atoms. The normalized spacial score (nSPS) is 10.4. The summed E-state index contributed by atoms with van der Waals surface area (Å²) in [5.74, 6) is 0.462. The van der Waals surface area contributed by atoms with E-state index >= 15 is 0 Å². The van der Waals surface area contributed by atoms with Crippen LogP contribution in [-0.2, 0) is 6.42 Å². The van der Waals surface area contributed by atoms with Crippen LogP contribution in [-0.4, -0.2) is 29.2 Å².